The predicted octanol–water partition coefficient (Wildman–Crippen LogP) is 2.67. The van der Waals surface area contributed by atoms with Crippen LogP contribution < -0.4 is 10.6 Å². The van der Waals surface area contributed by atoms with E-state index < -0.39 is 10.8 Å². The van der Waals surface area contributed by atoms with Crippen molar-refractivity contribution in [3.05, 3.63) is 87.6 Å². The molecule has 0 bridgehead atoms. The Morgan fingerprint density at radius 1 is 1.10 bits per heavy atom. The standard InChI is InChI=1S/C20H19N5O4/c1-14-6-8-15(9-7-14)12-21-20(27)16-4-2-3-5-17(16)22-19(26)13-24-11-10-18(23-24)25(28)29/h2-11H,12-13H2,1H3,(H,21,27)(H,22,26). The largest absolute Gasteiger partial charge is 0.389 e. The second-order valence-electron chi connectivity index (χ2n) is 6.39. The van der Waals surface area contributed by atoms with E-state index in [1.165, 1.54) is 12.3 Å². The van der Waals surface area contributed by atoms with Crippen LogP contribution in [0.15, 0.2) is 60.8 Å². The molecule has 0 spiro atoms. The van der Waals surface area contributed by atoms with Crippen LogP contribution in [-0.4, -0.2) is 26.5 Å². The lowest BCUT2D eigenvalue weighted by atomic mass is 10.1. The van der Waals surface area contributed by atoms with Crippen molar-refractivity contribution in [3.8, 4) is 0 Å². The number of para-hydroxylation sites is 1. The van der Waals surface area contributed by atoms with E-state index in [0.717, 1.165) is 15.8 Å². The zero-order valence-electron chi connectivity index (χ0n) is 15.7. The number of carbonyl (C=O) groups is 2. The molecule has 0 atom stereocenters. The Kier molecular flexibility index (Phi) is 5.98. The maximum Gasteiger partial charge on any atom is 0.389 e. The molecule has 148 valence electrons. The zero-order chi connectivity index (χ0) is 20.8. The van der Waals surface area contributed by atoms with E-state index >= 15 is 0 Å². The van der Waals surface area contributed by atoms with Crippen LogP contribution in [0.5, 0.6) is 0 Å². The number of anilines is 1. The van der Waals surface area contributed by atoms with Crippen molar-refractivity contribution in [2.75, 3.05) is 5.32 Å². The molecular weight excluding hydrogens is 374 g/mol. The molecule has 0 aliphatic carbocycles. The zero-order valence-corrected chi connectivity index (χ0v) is 15.7. The summed E-state index contributed by atoms with van der Waals surface area (Å²) in [4.78, 5) is 34.9. The van der Waals surface area contributed by atoms with Crippen LogP contribution in [0.3, 0.4) is 0 Å². The van der Waals surface area contributed by atoms with Gasteiger partial charge >= 0.3 is 5.82 Å². The molecule has 9 nitrogen and oxygen atoms in total. The second kappa shape index (κ2) is 8.79. The number of aryl methyl sites for hydroxylation is 1. The van der Waals surface area contributed by atoms with Gasteiger partial charge in [-0.05, 0) is 29.5 Å². The van der Waals surface area contributed by atoms with Crippen LogP contribution in [0.25, 0.3) is 0 Å². The third kappa shape index (κ3) is 5.25. The number of rotatable bonds is 7. The summed E-state index contributed by atoms with van der Waals surface area (Å²) in [6.45, 7) is 2.13. The van der Waals surface area contributed by atoms with Crippen molar-refractivity contribution in [1.29, 1.82) is 0 Å². The van der Waals surface area contributed by atoms with Crippen molar-refractivity contribution < 1.29 is 14.5 Å². The van der Waals surface area contributed by atoms with Crippen LogP contribution in [0.2, 0.25) is 0 Å². The Hall–Kier alpha value is -4.01. The van der Waals surface area contributed by atoms with E-state index in [4.69, 9.17) is 0 Å². The van der Waals surface area contributed by atoms with Gasteiger partial charge in [-0.3, -0.25) is 9.59 Å². The summed E-state index contributed by atoms with van der Waals surface area (Å²) in [6, 6.07) is 15.6. The molecule has 1 aromatic heterocycles. The minimum Gasteiger partial charge on any atom is -0.358 e. The Balaban J connectivity index is 1.64. The molecule has 0 fully saturated rings. The summed E-state index contributed by atoms with van der Waals surface area (Å²) < 4.78 is 1.16. The number of benzene rings is 2. The van der Waals surface area contributed by atoms with Gasteiger partial charge in [0, 0.05) is 6.54 Å². The van der Waals surface area contributed by atoms with Crippen LogP contribution in [0.4, 0.5) is 11.5 Å². The summed E-state index contributed by atoms with van der Waals surface area (Å²) in [6.07, 6.45) is 1.35. The minimum absolute atomic E-state index is 0.215. The first-order valence-electron chi connectivity index (χ1n) is 8.83. The number of aromatic nitrogens is 2. The second-order valence-corrected chi connectivity index (χ2v) is 6.39. The molecule has 2 aromatic carbocycles. The van der Waals surface area contributed by atoms with Gasteiger partial charge in [0.05, 0.1) is 28.6 Å². The first kappa shape index (κ1) is 19.7. The van der Waals surface area contributed by atoms with Crippen molar-refractivity contribution in [2.24, 2.45) is 0 Å². The highest BCUT2D eigenvalue weighted by molar-refractivity contribution is 6.03. The molecule has 3 rings (SSSR count). The number of hydrogen-bond acceptors (Lipinski definition) is 5. The third-order valence-corrected chi connectivity index (χ3v) is 4.14. The lowest BCUT2D eigenvalue weighted by Gasteiger charge is -2.11. The number of nitrogens with one attached hydrogen (secondary N) is 2. The summed E-state index contributed by atoms with van der Waals surface area (Å²) in [7, 11) is 0. The summed E-state index contributed by atoms with van der Waals surface area (Å²) in [5.41, 5.74) is 2.77. The summed E-state index contributed by atoms with van der Waals surface area (Å²) in [5, 5.41) is 19.9. The number of nitro groups is 1. The van der Waals surface area contributed by atoms with Crippen LogP contribution in [-0.2, 0) is 17.9 Å². The molecule has 9 heteroatoms. The Labute approximate surface area is 166 Å². The number of carbonyl (C=O) groups excluding carboxylic acids is 2. The first-order valence-corrected chi connectivity index (χ1v) is 8.83. The minimum atomic E-state index is -0.637. The van der Waals surface area contributed by atoms with Gasteiger partial charge in [0.2, 0.25) is 5.91 Å². The predicted molar refractivity (Wildman–Crippen MR) is 106 cm³/mol. The molecule has 2 N–H and O–H groups in total. The summed E-state index contributed by atoms with van der Waals surface area (Å²) in [5.74, 6) is -1.12. The van der Waals surface area contributed by atoms with Gasteiger partial charge < -0.3 is 20.7 Å². The van der Waals surface area contributed by atoms with Crippen LogP contribution in [0.1, 0.15) is 21.5 Å². The maximum atomic E-state index is 12.6. The highest BCUT2D eigenvalue weighted by Gasteiger charge is 2.16. The van der Waals surface area contributed by atoms with Gasteiger partial charge in [-0.25, -0.2) is 0 Å². The molecule has 0 saturated carbocycles. The lowest BCUT2D eigenvalue weighted by Crippen LogP contribution is -2.26. The van der Waals surface area contributed by atoms with Crippen molar-refractivity contribution in [3.63, 3.8) is 0 Å². The van der Waals surface area contributed by atoms with E-state index in [-0.39, 0.29) is 18.3 Å². The fourth-order valence-corrected chi connectivity index (χ4v) is 2.65. The highest BCUT2D eigenvalue weighted by atomic mass is 16.6. The lowest BCUT2D eigenvalue weighted by molar-refractivity contribution is -0.389. The molecule has 1 heterocycles. The number of amides is 2. The molecule has 3 aromatic rings. The first-order chi connectivity index (χ1) is 13.9. The van der Waals surface area contributed by atoms with Crippen LogP contribution in [0, 0.1) is 17.0 Å². The van der Waals surface area contributed by atoms with Gasteiger partial charge in [-0.15, -0.1) is 0 Å². The average Bonchev–Trinajstić information content (AvgIpc) is 3.16. The van der Waals surface area contributed by atoms with Crippen LogP contribution >= 0.6 is 0 Å². The number of nitrogens with zero attached hydrogens (tertiary/aromatic N) is 3. The van der Waals surface area contributed by atoms with E-state index in [9.17, 15) is 19.7 Å². The van der Waals surface area contributed by atoms with Gasteiger partial charge in [0.15, 0.2) is 0 Å². The molecule has 0 saturated heterocycles. The van der Waals surface area contributed by atoms with Gasteiger partial charge in [-0.2, -0.15) is 4.68 Å². The van der Waals surface area contributed by atoms with Crippen molar-refractivity contribution >= 4 is 23.3 Å². The fraction of sp³-hybridized carbons (Fsp3) is 0.150. The van der Waals surface area contributed by atoms with E-state index in [1.54, 1.807) is 24.3 Å². The quantitative estimate of drug-likeness (QED) is 0.472. The molecule has 0 unspecified atom stereocenters. The van der Waals surface area contributed by atoms with Crippen molar-refractivity contribution in [2.45, 2.75) is 20.0 Å². The molecule has 0 aliphatic rings. The average molecular weight is 393 g/mol. The van der Waals surface area contributed by atoms with E-state index in [2.05, 4.69) is 15.7 Å². The Bertz CT molecular complexity index is 1040. The fourth-order valence-electron chi connectivity index (χ4n) is 2.65. The topological polar surface area (TPSA) is 119 Å². The molecule has 2 amide bonds. The maximum absolute atomic E-state index is 12.6. The highest BCUT2D eigenvalue weighted by Crippen LogP contribution is 2.16. The van der Waals surface area contributed by atoms with Gasteiger partial charge in [0.25, 0.3) is 5.91 Å². The number of hydrogen-bond donors (Lipinski definition) is 2. The van der Waals surface area contributed by atoms with Gasteiger partial charge in [-0.1, -0.05) is 42.0 Å². The molecule has 0 aliphatic heterocycles. The summed E-state index contributed by atoms with van der Waals surface area (Å²) >= 11 is 0. The Morgan fingerprint density at radius 2 is 1.83 bits per heavy atom. The van der Waals surface area contributed by atoms with E-state index in [1.807, 2.05) is 31.2 Å². The van der Waals surface area contributed by atoms with E-state index in [0.29, 0.717) is 17.8 Å². The Morgan fingerprint density at radius 3 is 2.52 bits per heavy atom. The molecular formula is C20H19N5O4. The SMILES string of the molecule is Cc1ccc(CNC(=O)c2ccccc2NC(=O)Cn2ccc([N+](=O)[O-])n2)cc1. The smallest absolute Gasteiger partial charge is 0.358 e. The monoisotopic (exact) mass is 393 g/mol. The molecule has 0 radical (unpaired) electrons. The van der Waals surface area contributed by atoms with Gasteiger partial charge in [0.1, 0.15) is 6.54 Å². The molecule has 29 heavy (non-hydrogen) atoms. The third-order valence-electron chi connectivity index (χ3n) is 4.14. The van der Waals surface area contributed by atoms with Crippen molar-refractivity contribution in [1.82, 2.24) is 15.1 Å². The normalized spacial score (nSPS) is 10.4.